The van der Waals surface area contributed by atoms with E-state index in [9.17, 15) is 0 Å². The summed E-state index contributed by atoms with van der Waals surface area (Å²) < 4.78 is 20.3. The molecule has 0 amide bonds. The average molecular weight is 1520 g/mol. The Bertz CT molecular complexity index is 5730. The monoisotopic (exact) mass is 1520 g/mol. The maximum atomic E-state index is 16.2. The van der Waals surface area contributed by atoms with Crippen LogP contribution in [0.2, 0.25) is 0 Å². The first kappa shape index (κ1) is 72.2. The van der Waals surface area contributed by atoms with Crippen LogP contribution >= 0.6 is 7.44 Å². The van der Waals surface area contributed by atoms with Crippen LogP contribution in [0.1, 0.15) is 22.3 Å². The van der Waals surface area contributed by atoms with E-state index < -0.39 is 12.9 Å². The van der Waals surface area contributed by atoms with Gasteiger partial charge in [-0.15, -0.1) is 0 Å². The molecule has 0 unspecified atom stereocenters. The quantitative estimate of drug-likeness (QED) is 0.0747. The van der Waals surface area contributed by atoms with Crippen LogP contribution < -0.4 is 34.2 Å². The number of nitrogens with zero attached hydrogens (tertiary/aromatic N) is 6. The summed E-state index contributed by atoms with van der Waals surface area (Å²) in [5.74, 6) is 0. The van der Waals surface area contributed by atoms with Crippen molar-refractivity contribution in [1.82, 2.24) is 0 Å². The van der Waals surface area contributed by atoms with Crippen molar-refractivity contribution in [2.45, 2.75) is 5.41 Å². The van der Waals surface area contributed by atoms with Crippen LogP contribution in [0.3, 0.4) is 0 Å². The Morgan fingerprint density at radius 3 is 0.684 bits per heavy atom. The van der Waals surface area contributed by atoms with Crippen LogP contribution in [-0.2, 0) is 9.98 Å². The van der Waals surface area contributed by atoms with E-state index in [1.807, 2.05) is 119 Å². The molecule has 0 spiro atoms. The second-order valence-corrected chi connectivity index (χ2v) is 31.6. The average Bonchev–Trinajstić information content (AvgIpc) is 1.57. The SMILES string of the molecule is O=P1(c2cc(-c3ccccc3)cc(-c3ccccc3)c2)N(c2ccccc2)c2ccccc2N1c1ccccc1.c1ccc(N(c2ccccc2)c2cc(N(c3ccccc3)c3ccccc3)cc(C3(c4cc(N(c5ccccc5)c5ccccc5)cc(N(c5ccccc5)c5ccccc5)c4)c4ccccc4-c4ccccc43)c2)cc1. The minimum atomic E-state index is -3.50. The summed E-state index contributed by atoms with van der Waals surface area (Å²) in [7, 11) is -3.50. The van der Waals surface area contributed by atoms with Crippen molar-refractivity contribution in [2.24, 2.45) is 0 Å². The molecule has 0 saturated carbocycles. The molecule has 18 aromatic carbocycles. The highest BCUT2D eigenvalue weighted by Crippen LogP contribution is 2.70. The number of hydrogen-bond donors (Lipinski definition) is 0. The minimum Gasteiger partial charge on any atom is -0.310 e. The Balaban J connectivity index is 0.000000191. The van der Waals surface area contributed by atoms with Gasteiger partial charge in [0.15, 0.2) is 0 Å². The lowest BCUT2D eigenvalue weighted by Gasteiger charge is -2.38. The van der Waals surface area contributed by atoms with Gasteiger partial charge in [0.05, 0.1) is 22.1 Å². The smallest absolute Gasteiger partial charge is 0.301 e. The van der Waals surface area contributed by atoms with Crippen LogP contribution in [0.5, 0.6) is 0 Å². The van der Waals surface area contributed by atoms with E-state index in [1.54, 1.807) is 0 Å². The van der Waals surface area contributed by atoms with Gasteiger partial charge in [0.25, 0.3) is 0 Å². The summed E-state index contributed by atoms with van der Waals surface area (Å²) in [6.07, 6.45) is 0. The molecule has 1 aliphatic heterocycles. The van der Waals surface area contributed by atoms with Crippen molar-refractivity contribution in [3.8, 4) is 33.4 Å². The first-order chi connectivity index (χ1) is 57.9. The number of hydrogen-bond acceptors (Lipinski definition) is 5. The normalized spacial score (nSPS) is 12.6. The molecule has 18 aromatic rings. The van der Waals surface area contributed by atoms with Crippen molar-refractivity contribution in [3.63, 3.8) is 0 Å². The van der Waals surface area contributed by atoms with Crippen molar-refractivity contribution < 1.29 is 4.57 Å². The molecule has 558 valence electrons. The van der Waals surface area contributed by atoms with Crippen LogP contribution in [0.25, 0.3) is 33.4 Å². The lowest BCUT2D eigenvalue weighted by molar-refractivity contribution is 0.582. The standard InChI is InChI=1S/C73H54N4.C36H27N2OP/c1-9-29-57(30-10-1)74(58-31-11-2-12-32-58)65-49-55(50-66(53-65)75(59-33-13-3-14-34-59)60-35-15-4-16-36-60)73(71-47-27-25-45-69(71)70-46-26-28-48-72(70)73)56-51-67(76(61-37-17-5-18-38-61)62-39-19-6-20-40-62)54-68(52-56)77(63-41-21-7-22-42-63)64-43-23-8-24-44-64;39-40(34-26-30(28-15-5-1-6-16-28)25-31(27-34)29-17-7-2-8-18-29)37(32-19-9-3-10-20-32)35-23-13-14-24-36(35)38(40)33-21-11-4-12-22-33/h1-54H;1-27H. The molecular weight excluding hydrogens is 1440 g/mol. The Morgan fingerprint density at radius 2 is 0.419 bits per heavy atom. The number of fused-ring (bicyclic) bond motifs is 4. The maximum absolute atomic E-state index is 16.2. The molecule has 0 radical (unpaired) electrons. The van der Waals surface area contributed by atoms with E-state index in [-0.39, 0.29) is 0 Å². The summed E-state index contributed by atoms with van der Waals surface area (Å²) in [6, 6.07) is 174. The number of para-hydroxylation sites is 12. The first-order valence-electron chi connectivity index (χ1n) is 39.7. The molecule has 20 rings (SSSR count). The fraction of sp³-hybridized carbons (Fsp3) is 0.00917. The highest BCUT2D eigenvalue weighted by atomic mass is 31.2. The van der Waals surface area contributed by atoms with Gasteiger partial charge in [-0.3, -0.25) is 13.9 Å². The molecule has 8 heteroatoms. The van der Waals surface area contributed by atoms with E-state index in [1.165, 1.54) is 22.3 Å². The van der Waals surface area contributed by atoms with Crippen molar-refractivity contribution >= 4 is 104 Å². The van der Waals surface area contributed by atoms with E-state index in [4.69, 9.17) is 0 Å². The van der Waals surface area contributed by atoms with Crippen LogP contribution in [0, 0.1) is 0 Å². The second-order valence-electron chi connectivity index (χ2n) is 29.2. The third kappa shape index (κ3) is 13.8. The van der Waals surface area contributed by atoms with Gasteiger partial charge in [-0.1, -0.05) is 303 Å². The Morgan fingerprint density at radius 1 is 0.197 bits per heavy atom. The fourth-order valence-corrected chi connectivity index (χ4v) is 20.2. The lowest BCUT2D eigenvalue weighted by Crippen LogP contribution is -2.30. The molecule has 7 nitrogen and oxygen atoms in total. The predicted molar refractivity (Wildman–Crippen MR) is 491 cm³/mol. The van der Waals surface area contributed by atoms with Gasteiger partial charge in [-0.05, 0) is 244 Å². The minimum absolute atomic E-state index is 0.775. The summed E-state index contributed by atoms with van der Waals surface area (Å²) in [5, 5.41) is 0.775. The second kappa shape index (κ2) is 32.2. The predicted octanol–water partition coefficient (Wildman–Crippen LogP) is 29.8. The van der Waals surface area contributed by atoms with Gasteiger partial charge in [-0.25, -0.2) is 0 Å². The molecule has 0 fully saturated rings. The number of benzene rings is 18. The summed E-state index contributed by atoms with van der Waals surface area (Å²) in [6.45, 7) is 0. The number of rotatable bonds is 19. The Labute approximate surface area is 685 Å². The molecule has 2 aliphatic rings. The van der Waals surface area contributed by atoms with Crippen molar-refractivity contribution in [1.29, 1.82) is 0 Å². The first-order valence-corrected chi connectivity index (χ1v) is 41.4. The largest absolute Gasteiger partial charge is 0.310 e. The topological polar surface area (TPSA) is 36.5 Å². The highest BCUT2D eigenvalue weighted by molar-refractivity contribution is 7.76. The molecule has 0 aromatic heterocycles. The molecule has 117 heavy (non-hydrogen) atoms. The van der Waals surface area contributed by atoms with E-state index in [0.717, 1.165) is 130 Å². The fourth-order valence-electron chi connectivity index (χ4n) is 17.1. The van der Waals surface area contributed by atoms with E-state index in [0.29, 0.717) is 0 Å². The molecule has 0 N–H and O–H groups in total. The Kier molecular flexibility index (Phi) is 19.9. The molecule has 0 saturated heterocycles. The van der Waals surface area contributed by atoms with Crippen molar-refractivity contribution in [2.75, 3.05) is 28.9 Å². The lowest BCUT2D eigenvalue weighted by atomic mass is 9.67. The molecule has 0 atom stereocenters. The highest BCUT2D eigenvalue weighted by Gasteiger charge is 2.50. The zero-order chi connectivity index (χ0) is 78.3. The molecule has 1 heterocycles. The number of anilines is 16. The van der Waals surface area contributed by atoms with Gasteiger partial charge in [0.1, 0.15) is 0 Å². The maximum Gasteiger partial charge on any atom is 0.301 e. The van der Waals surface area contributed by atoms with Gasteiger partial charge >= 0.3 is 7.44 Å². The van der Waals surface area contributed by atoms with Crippen molar-refractivity contribution in [3.05, 3.63) is 514 Å². The van der Waals surface area contributed by atoms with Crippen LogP contribution in [0.4, 0.5) is 91.0 Å². The van der Waals surface area contributed by atoms with E-state index in [2.05, 4.69) is 402 Å². The Hall–Kier alpha value is -15.0. The molecule has 1 aliphatic carbocycles. The zero-order valence-corrected chi connectivity index (χ0v) is 65.2. The van der Waals surface area contributed by atoms with Crippen LogP contribution in [0.15, 0.2) is 491 Å². The zero-order valence-electron chi connectivity index (χ0n) is 64.3. The molecule has 0 bridgehead atoms. The van der Waals surface area contributed by atoms with Gasteiger partial charge < -0.3 is 19.6 Å². The third-order valence-electron chi connectivity index (χ3n) is 22.1. The van der Waals surface area contributed by atoms with E-state index >= 15 is 4.57 Å². The van der Waals surface area contributed by atoms with Gasteiger partial charge in [0.2, 0.25) is 0 Å². The van der Waals surface area contributed by atoms with Gasteiger partial charge in [0, 0.05) is 79.6 Å². The van der Waals surface area contributed by atoms with Gasteiger partial charge in [-0.2, -0.15) is 0 Å². The summed E-state index contributed by atoms with van der Waals surface area (Å²) in [4.78, 5) is 9.62. The molecular formula is C109H81N6OP. The van der Waals surface area contributed by atoms with Crippen LogP contribution in [-0.4, -0.2) is 0 Å². The summed E-state index contributed by atoms with van der Waals surface area (Å²) >= 11 is 0. The third-order valence-corrected chi connectivity index (χ3v) is 25.0. The summed E-state index contributed by atoms with van der Waals surface area (Å²) in [5.41, 5.74) is 26.6.